The number of hydrogen-bond donors (Lipinski definition) is 1. The van der Waals surface area contributed by atoms with Crippen molar-refractivity contribution >= 4 is 5.82 Å². The molecule has 0 aliphatic carbocycles. The van der Waals surface area contributed by atoms with Gasteiger partial charge in [-0.2, -0.15) is 0 Å². The molecule has 0 aliphatic rings. The van der Waals surface area contributed by atoms with E-state index in [1.54, 1.807) is 13.2 Å². The van der Waals surface area contributed by atoms with Gasteiger partial charge in [0.15, 0.2) is 11.6 Å². The van der Waals surface area contributed by atoms with Crippen molar-refractivity contribution in [3.05, 3.63) is 34.2 Å². The van der Waals surface area contributed by atoms with Gasteiger partial charge in [0.2, 0.25) is 0 Å². The molecule has 17 heavy (non-hydrogen) atoms. The topological polar surface area (TPSA) is 74.0 Å². The van der Waals surface area contributed by atoms with Crippen molar-refractivity contribution in [2.24, 2.45) is 7.05 Å². The number of pyridine rings is 1. The van der Waals surface area contributed by atoms with Crippen LogP contribution in [0, 0.1) is 0 Å². The van der Waals surface area contributed by atoms with Crippen LogP contribution >= 0.6 is 0 Å². The van der Waals surface area contributed by atoms with Crippen LogP contribution in [-0.2, 0) is 13.5 Å². The summed E-state index contributed by atoms with van der Waals surface area (Å²) in [5.74, 6) is 1.00. The number of hydrogen-bond acceptors (Lipinski definition) is 4. The van der Waals surface area contributed by atoms with Crippen molar-refractivity contribution in [1.82, 2.24) is 9.72 Å². The summed E-state index contributed by atoms with van der Waals surface area (Å²) < 4.78 is 6.71. The predicted molar refractivity (Wildman–Crippen MR) is 65.6 cm³/mol. The molecule has 2 aromatic heterocycles. The van der Waals surface area contributed by atoms with Crippen molar-refractivity contribution in [2.45, 2.75) is 19.8 Å². The number of aromatic nitrogens is 2. The summed E-state index contributed by atoms with van der Waals surface area (Å²) in [5.41, 5.74) is 7.26. The van der Waals surface area contributed by atoms with Gasteiger partial charge in [0, 0.05) is 30.4 Å². The molecule has 0 spiro atoms. The van der Waals surface area contributed by atoms with Crippen LogP contribution in [0.4, 0.5) is 5.82 Å². The van der Waals surface area contributed by atoms with Gasteiger partial charge in [-0.25, -0.2) is 0 Å². The van der Waals surface area contributed by atoms with Gasteiger partial charge in [0.25, 0.3) is 5.56 Å². The SMILES string of the molecule is CCCc1c(N)noc1-c1ccn(C)c(=O)c1. The van der Waals surface area contributed by atoms with Gasteiger partial charge in [-0.05, 0) is 12.5 Å². The summed E-state index contributed by atoms with van der Waals surface area (Å²) >= 11 is 0. The monoisotopic (exact) mass is 233 g/mol. The minimum atomic E-state index is -0.0834. The molecule has 5 nitrogen and oxygen atoms in total. The number of nitrogens with two attached hydrogens (primary N) is 1. The van der Waals surface area contributed by atoms with E-state index >= 15 is 0 Å². The third-order valence-corrected chi connectivity index (χ3v) is 2.69. The zero-order chi connectivity index (χ0) is 12.4. The molecule has 0 radical (unpaired) electrons. The fourth-order valence-electron chi connectivity index (χ4n) is 1.73. The largest absolute Gasteiger partial charge is 0.381 e. The zero-order valence-electron chi connectivity index (χ0n) is 9.93. The summed E-state index contributed by atoms with van der Waals surface area (Å²) in [6.45, 7) is 2.06. The molecular formula is C12H15N3O2. The lowest BCUT2D eigenvalue weighted by molar-refractivity contribution is 0.435. The first-order valence-electron chi connectivity index (χ1n) is 5.54. The number of nitrogens with zero attached hydrogens (tertiary/aromatic N) is 2. The first-order valence-corrected chi connectivity index (χ1v) is 5.54. The quantitative estimate of drug-likeness (QED) is 0.873. The van der Waals surface area contributed by atoms with E-state index in [1.165, 1.54) is 10.6 Å². The lowest BCUT2D eigenvalue weighted by atomic mass is 10.1. The molecule has 2 aromatic rings. The first-order chi connectivity index (χ1) is 8.13. The summed E-state index contributed by atoms with van der Waals surface area (Å²) in [5, 5.41) is 3.76. The molecule has 2 rings (SSSR count). The highest BCUT2D eigenvalue weighted by Crippen LogP contribution is 2.27. The lowest BCUT2D eigenvalue weighted by Gasteiger charge is -2.01. The van der Waals surface area contributed by atoms with E-state index in [0.29, 0.717) is 11.6 Å². The van der Waals surface area contributed by atoms with E-state index < -0.39 is 0 Å². The molecule has 2 N–H and O–H groups in total. The van der Waals surface area contributed by atoms with Crippen molar-refractivity contribution < 1.29 is 4.52 Å². The van der Waals surface area contributed by atoms with Crippen LogP contribution in [0.3, 0.4) is 0 Å². The maximum atomic E-state index is 11.6. The van der Waals surface area contributed by atoms with Crippen LogP contribution < -0.4 is 11.3 Å². The standard InChI is InChI=1S/C12H15N3O2/c1-3-4-9-11(17-14-12(9)13)8-5-6-15(2)10(16)7-8/h5-7H,3-4H2,1-2H3,(H2,13,14). The third kappa shape index (κ3) is 2.08. The van der Waals surface area contributed by atoms with Gasteiger partial charge in [-0.15, -0.1) is 0 Å². The minimum absolute atomic E-state index is 0.0834. The van der Waals surface area contributed by atoms with Crippen LogP contribution in [0.5, 0.6) is 0 Å². The minimum Gasteiger partial charge on any atom is -0.381 e. The molecular weight excluding hydrogens is 218 g/mol. The molecule has 90 valence electrons. The van der Waals surface area contributed by atoms with E-state index in [-0.39, 0.29) is 5.56 Å². The van der Waals surface area contributed by atoms with Crippen molar-refractivity contribution in [1.29, 1.82) is 0 Å². The Morgan fingerprint density at radius 1 is 1.53 bits per heavy atom. The highest BCUT2D eigenvalue weighted by molar-refractivity contribution is 5.65. The Morgan fingerprint density at radius 2 is 2.29 bits per heavy atom. The number of anilines is 1. The molecule has 5 heteroatoms. The van der Waals surface area contributed by atoms with Gasteiger partial charge in [0.05, 0.1) is 0 Å². The molecule has 0 saturated carbocycles. The van der Waals surface area contributed by atoms with Gasteiger partial charge >= 0.3 is 0 Å². The predicted octanol–water partition coefficient (Wildman–Crippen LogP) is 1.57. The van der Waals surface area contributed by atoms with Crippen LogP contribution in [-0.4, -0.2) is 9.72 Å². The van der Waals surface area contributed by atoms with Crippen LogP contribution in [0.25, 0.3) is 11.3 Å². The molecule has 0 atom stereocenters. The molecule has 0 saturated heterocycles. The number of nitrogen functional groups attached to an aromatic ring is 1. The zero-order valence-corrected chi connectivity index (χ0v) is 9.93. The van der Waals surface area contributed by atoms with Crippen molar-refractivity contribution in [3.8, 4) is 11.3 Å². The Kier molecular flexibility index (Phi) is 2.99. The molecule has 0 bridgehead atoms. The van der Waals surface area contributed by atoms with Gasteiger partial charge in [-0.1, -0.05) is 18.5 Å². The Labute approximate surface area is 98.8 Å². The molecule has 0 unspecified atom stereocenters. The number of rotatable bonds is 3. The molecule has 2 heterocycles. The summed E-state index contributed by atoms with van der Waals surface area (Å²) in [7, 11) is 1.70. The highest BCUT2D eigenvalue weighted by atomic mass is 16.5. The second kappa shape index (κ2) is 4.45. The molecule has 0 fully saturated rings. The maximum Gasteiger partial charge on any atom is 0.250 e. The second-order valence-electron chi connectivity index (χ2n) is 3.99. The van der Waals surface area contributed by atoms with Crippen molar-refractivity contribution in [2.75, 3.05) is 5.73 Å². The lowest BCUT2D eigenvalue weighted by Crippen LogP contribution is -2.14. The Hall–Kier alpha value is -2.04. The van der Waals surface area contributed by atoms with Crippen LogP contribution in [0.1, 0.15) is 18.9 Å². The molecule has 0 aliphatic heterocycles. The summed E-state index contributed by atoms with van der Waals surface area (Å²) in [4.78, 5) is 11.6. The van der Waals surface area contributed by atoms with Crippen molar-refractivity contribution in [3.63, 3.8) is 0 Å². The van der Waals surface area contributed by atoms with Crippen LogP contribution in [0.2, 0.25) is 0 Å². The Balaban J connectivity index is 2.52. The second-order valence-corrected chi connectivity index (χ2v) is 3.99. The summed E-state index contributed by atoms with van der Waals surface area (Å²) in [6.07, 6.45) is 3.44. The van der Waals surface area contributed by atoms with Gasteiger partial charge in [0.1, 0.15) is 0 Å². The maximum absolute atomic E-state index is 11.6. The fraction of sp³-hybridized carbons (Fsp3) is 0.333. The molecule has 0 aromatic carbocycles. The van der Waals surface area contributed by atoms with E-state index in [0.717, 1.165) is 24.0 Å². The van der Waals surface area contributed by atoms with Gasteiger partial charge in [-0.3, -0.25) is 4.79 Å². The smallest absolute Gasteiger partial charge is 0.250 e. The first kappa shape index (κ1) is 11.4. The van der Waals surface area contributed by atoms with Gasteiger partial charge < -0.3 is 14.8 Å². The summed E-state index contributed by atoms with van der Waals surface area (Å²) in [6, 6.07) is 3.35. The Bertz CT molecular complexity index is 584. The third-order valence-electron chi connectivity index (χ3n) is 2.69. The van der Waals surface area contributed by atoms with E-state index in [2.05, 4.69) is 12.1 Å². The highest BCUT2D eigenvalue weighted by Gasteiger charge is 2.15. The van der Waals surface area contributed by atoms with E-state index in [4.69, 9.17) is 10.3 Å². The molecule has 0 amide bonds. The van der Waals surface area contributed by atoms with Crippen LogP contribution in [0.15, 0.2) is 27.6 Å². The average molecular weight is 233 g/mol. The number of aryl methyl sites for hydroxylation is 1. The normalized spacial score (nSPS) is 10.7. The average Bonchev–Trinajstić information content (AvgIpc) is 2.66. The van der Waals surface area contributed by atoms with E-state index in [9.17, 15) is 4.79 Å². The van der Waals surface area contributed by atoms with E-state index in [1.807, 2.05) is 6.07 Å². The Morgan fingerprint density at radius 3 is 2.94 bits per heavy atom. The fourth-order valence-corrected chi connectivity index (χ4v) is 1.73.